The molecular weight excluding hydrogens is 232 g/mol. The van der Waals surface area contributed by atoms with Crippen LogP contribution in [-0.2, 0) is 4.79 Å². The average molecular weight is 248 g/mol. The lowest BCUT2D eigenvalue weighted by Gasteiger charge is -2.21. The number of rotatable bonds is 2. The Labute approximate surface area is 107 Å². The van der Waals surface area contributed by atoms with E-state index in [1.54, 1.807) is 0 Å². The maximum atomic E-state index is 12.0. The highest BCUT2D eigenvalue weighted by Crippen LogP contribution is 2.21. The van der Waals surface area contributed by atoms with Crippen LogP contribution in [0.3, 0.4) is 0 Å². The van der Waals surface area contributed by atoms with Crippen molar-refractivity contribution in [1.82, 2.24) is 0 Å². The van der Waals surface area contributed by atoms with Gasteiger partial charge in [0.2, 0.25) is 5.91 Å². The maximum absolute atomic E-state index is 12.0. The summed E-state index contributed by atoms with van der Waals surface area (Å²) in [5.74, 6) is 0.197. The first kappa shape index (κ1) is 12.0. The number of nitrogens with zero attached hydrogens (tertiary/aromatic N) is 1. The molecule has 0 aliphatic carbocycles. The lowest BCUT2D eigenvalue weighted by atomic mass is 10.2. The standard InChI is InChI=1S/C13H16N2OS/c14-13(17)10-5-4-6-11(9-10)15-8-3-1-2-7-12(15)16/h4-6,9H,1-3,7-8H2,(H2,14,17). The summed E-state index contributed by atoms with van der Waals surface area (Å²) in [5, 5.41) is 0. The third kappa shape index (κ3) is 2.82. The lowest BCUT2D eigenvalue weighted by molar-refractivity contribution is -0.118. The summed E-state index contributed by atoms with van der Waals surface area (Å²) >= 11 is 4.95. The van der Waals surface area contributed by atoms with Gasteiger partial charge < -0.3 is 10.6 Å². The number of amides is 1. The van der Waals surface area contributed by atoms with E-state index in [-0.39, 0.29) is 5.91 Å². The highest BCUT2D eigenvalue weighted by atomic mass is 32.1. The van der Waals surface area contributed by atoms with Crippen LogP contribution in [0.15, 0.2) is 24.3 Å². The van der Waals surface area contributed by atoms with Crippen LogP contribution < -0.4 is 10.6 Å². The fourth-order valence-corrected chi connectivity index (χ4v) is 2.21. The lowest BCUT2D eigenvalue weighted by Crippen LogP contribution is -2.30. The van der Waals surface area contributed by atoms with Gasteiger partial charge in [-0.2, -0.15) is 0 Å². The Morgan fingerprint density at radius 3 is 2.88 bits per heavy atom. The summed E-state index contributed by atoms with van der Waals surface area (Å²) in [6.07, 6.45) is 3.81. The number of thiocarbonyl (C=S) groups is 1. The minimum atomic E-state index is 0.197. The molecule has 1 amide bonds. The Hall–Kier alpha value is -1.42. The first-order valence-corrected chi connectivity index (χ1v) is 6.29. The molecule has 90 valence electrons. The van der Waals surface area contributed by atoms with Crippen molar-refractivity contribution in [2.75, 3.05) is 11.4 Å². The van der Waals surface area contributed by atoms with Gasteiger partial charge in [-0.1, -0.05) is 30.8 Å². The van der Waals surface area contributed by atoms with E-state index in [4.69, 9.17) is 18.0 Å². The first-order chi connectivity index (χ1) is 8.18. The molecule has 0 atom stereocenters. The van der Waals surface area contributed by atoms with Gasteiger partial charge in [-0.05, 0) is 25.0 Å². The second-order valence-electron chi connectivity index (χ2n) is 4.27. The van der Waals surface area contributed by atoms with E-state index < -0.39 is 0 Å². The maximum Gasteiger partial charge on any atom is 0.226 e. The number of hydrogen-bond acceptors (Lipinski definition) is 2. The number of hydrogen-bond donors (Lipinski definition) is 1. The van der Waals surface area contributed by atoms with Crippen molar-refractivity contribution in [2.24, 2.45) is 5.73 Å². The molecule has 0 unspecified atom stereocenters. The van der Waals surface area contributed by atoms with Gasteiger partial charge in [0.1, 0.15) is 4.99 Å². The van der Waals surface area contributed by atoms with Crippen LogP contribution in [0.2, 0.25) is 0 Å². The zero-order valence-electron chi connectivity index (χ0n) is 9.69. The third-order valence-electron chi connectivity index (χ3n) is 3.02. The smallest absolute Gasteiger partial charge is 0.226 e. The highest BCUT2D eigenvalue weighted by molar-refractivity contribution is 7.80. The van der Waals surface area contributed by atoms with Gasteiger partial charge in [-0.3, -0.25) is 4.79 Å². The summed E-state index contributed by atoms with van der Waals surface area (Å²) in [6, 6.07) is 7.59. The summed E-state index contributed by atoms with van der Waals surface area (Å²) in [6.45, 7) is 0.791. The molecule has 1 saturated heterocycles. The Morgan fingerprint density at radius 2 is 2.12 bits per heavy atom. The fraction of sp³-hybridized carbons (Fsp3) is 0.385. The average Bonchev–Trinajstić information content (AvgIpc) is 2.54. The molecule has 17 heavy (non-hydrogen) atoms. The van der Waals surface area contributed by atoms with Crippen molar-refractivity contribution in [2.45, 2.75) is 25.7 Å². The van der Waals surface area contributed by atoms with Crippen molar-refractivity contribution < 1.29 is 4.79 Å². The van der Waals surface area contributed by atoms with E-state index in [0.717, 1.165) is 37.1 Å². The molecule has 1 fully saturated rings. The van der Waals surface area contributed by atoms with Crippen molar-refractivity contribution in [3.8, 4) is 0 Å². The van der Waals surface area contributed by atoms with Crippen LogP contribution in [0.4, 0.5) is 5.69 Å². The van der Waals surface area contributed by atoms with Gasteiger partial charge in [-0.25, -0.2) is 0 Å². The Morgan fingerprint density at radius 1 is 1.29 bits per heavy atom. The zero-order valence-corrected chi connectivity index (χ0v) is 10.5. The molecule has 0 spiro atoms. The SMILES string of the molecule is NC(=S)c1cccc(N2CCCCCC2=O)c1. The molecule has 1 aromatic carbocycles. The molecule has 1 aromatic rings. The Balaban J connectivity index is 2.28. The second-order valence-corrected chi connectivity index (χ2v) is 4.71. The molecule has 1 aliphatic heterocycles. The number of nitrogens with two attached hydrogens (primary N) is 1. The van der Waals surface area contributed by atoms with Crippen LogP contribution in [0.5, 0.6) is 0 Å². The predicted molar refractivity (Wildman–Crippen MR) is 73.2 cm³/mol. The molecule has 0 radical (unpaired) electrons. The fourth-order valence-electron chi connectivity index (χ4n) is 2.08. The highest BCUT2D eigenvalue weighted by Gasteiger charge is 2.18. The molecule has 3 nitrogen and oxygen atoms in total. The Bertz CT molecular complexity index is 445. The number of anilines is 1. The molecule has 2 N–H and O–H groups in total. The topological polar surface area (TPSA) is 46.3 Å². The van der Waals surface area contributed by atoms with Gasteiger partial charge in [0.15, 0.2) is 0 Å². The van der Waals surface area contributed by atoms with Gasteiger partial charge in [0.25, 0.3) is 0 Å². The summed E-state index contributed by atoms with van der Waals surface area (Å²) in [4.78, 5) is 14.2. The molecule has 2 rings (SSSR count). The molecule has 0 saturated carbocycles. The second kappa shape index (κ2) is 5.27. The van der Waals surface area contributed by atoms with Crippen molar-refractivity contribution in [3.63, 3.8) is 0 Å². The molecule has 1 aliphatic rings. The van der Waals surface area contributed by atoms with E-state index >= 15 is 0 Å². The normalized spacial score (nSPS) is 16.7. The van der Waals surface area contributed by atoms with E-state index in [1.165, 1.54) is 0 Å². The molecular formula is C13H16N2OS. The van der Waals surface area contributed by atoms with Crippen molar-refractivity contribution in [1.29, 1.82) is 0 Å². The van der Waals surface area contributed by atoms with E-state index in [2.05, 4.69) is 0 Å². The van der Waals surface area contributed by atoms with Crippen LogP contribution >= 0.6 is 12.2 Å². The number of benzene rings is 1. The van der Waals surface area contributed by atoms with Crippen LogP contribution in [-0.4, -0.2) is 17.4 Å². The van der Waals surface area contributed by atoms with E-state index in [9.17, 15) is 4.79 Å². The molecule has 0 bridgehead atoms. The van der Waals surface area contributed by atoms with Crippen LogP contribution in [0, 0.1) is 0 Å². The zero-order chi connectivity index (χ0) is 12.3. The van der Waals surface area contributed by atoms with E-state index in [0.29, 0.717) is 11.4 Å². The quantitative estimate of drug-likeness (QED) is 0.816. The number of carbonyl (C=O) groups is 1. The van der Waals surface area contributed by atoms with Crippen molar-refractivity contribution in [3.05, 3.63) is 29.8 Å². The minimum Gasteiger partial charge on any atom is -0.389 e. The number of carbonyl (C=O) groups excluding carboxylic acids is 1. The summed E-state index contributed by atoms with van der Waals surface area (Å²) in [5.41, 5.74) is 7.32. The minimum absolute atomic E-state index is 0.197. The summed E-state index contributed by atoms with van der Waals surface area (Å²) < 4.78 is 0. The van der Waals surface area contributed by atoms with Crippen LogP contribution in [0.1, 0.15) is 31.2 Å². The molecule has 4 heteroatoms. The Kier molecular flexibility index (Phi) is 3.74. The van der Waals surface area contributed by atoms with Crippen molar-refractivity contribution >= 4 is 28.8 Å². The monoisotopic (exact) mass is 248 g/mol. The van der Waals surface area contributed by atoms with Gasteiger partial charge in [0.05, 0.1) is 0 Å². The summed E-state index contributed by atoms with van der Waals surface area (Å²) in [7, 11) is 0. The molecule has 1 heterocycles. The predicted octanol–water partition coefficient (Wildman–Crippen LogP) is 2.23. The van der Waals surface area contributed by atoms with Gasteiger partial charge in [-0.15, -0.1) is 0 Å². The van der Waals surface area contributed by atoms with Gasteiger partial charge >= 0.3 is 0 Å². The van der Waals surface area contributed by atoms with E-state index in [1.807, 2.05) is 29.2 Å². The van der Waals surface area contributed by atoms with Gasteiger partial charge in [0, 0.05) is 24.2 Å². The first-order valence-electron chi connectivity index (χ1n) is 5.89. The molecule has 0 aromatic heterocycles. The largest absolute Gasteiger partial charge is 0.389 e. The third-order valence-corrected chi connectivity index (χ3v) is 3.25. The van der Waals surface area contributed by atoms with Crippen LogP contribution in [0.25, 0.3) is 0 Å².